The van der Waals surface area contributed by atoms with Crippen LogP contribution in [-0.4, -0.2) is 62.7 Å². The molecular weight excluding hydrogens is 252 g/mol. The molecule has 110 valence electrons. The van der Waals surface area contributed by atoms with Gasteiger partial charge in [0.25, 0.3) is 0 Å². The summed E-state index contributed by atoms with van der Waals surface area (Å²) in [5.74, 6) is -0.335. The van der Waals surface area contributed by atoms with E-state index < -0.39 is 0 Å². The van der Waals surface area contributed by atoms with Crippen molar-refractivity contribution in [2.24, 2.45) is 0 Å². The highest BCUT2D eigenvalue weighted by Gasteiger charge is 2.25. The maximum Gasteiger partial charge on any atom is 0.314 e. The van der Waals surface area contributed by atoms with Crippen molar-refractivity contribution in [3.8, 4) is 0 Å². The molecule has 0 radical (unpaired) electrons. The van der Waals surface area contributed by atoms with E-state index in [2.05, 4.69) is 16.8 Å². The predicted octanol–water partition coefficient (Wildman–Crippen LogP) is 1.58. The van der Waals surface area contributed by atoms with Gasteiger partial charge in [-0.3, -0.25) is 4.79 Å². The zero-order valence-corrected chi connectivity index (χ0v) is 12.4. The Labute approximate surface area is 121 Å². The van der Waals surface area contributed by atoms with Crippen LogP contribution in [-0.2, 0) is 9.53 Å². The van der Waals surface area contributed by atoms with Crippen molar-refractivity contribution in [1.82, 2.24) is 9.80 Å². The molecule has 0 bridgehead atoms. The van der Waals surface area contributed by atoms with E-state index in [9.17, 15) is 4.79 Å². The third-order valence-electron chi connectivity index (χ3n) is 3.94. The van der Waals surface area contributed by atoms with Crippen LogP contribution >= 0.6 is 0 Å². The highest BCUT2D eigenvalue weighted by Crippen LogP contribution is 2.19. The normalized spacial score (nSPS) is 19.3. The lowest BCUT2D eigenvalue weighted by atomic mass is 9.98. The molecule has 0 amide bonds. The Morgan fingerprint density at radius 3 is 2.65 bits per heavy atom. The Balaban J connectivity index is 2.06. The second-order valence-corrected chi connectivity index (χ2v) is 5.44. The molecule has 1 unspecified atom stereocenters. The van der Waals surface area contributed by atoms with Crippen molar-refractivity contribution < 1.29 is 9.53 Å². The van der Waals surface area contributed by atoms with Crippen LogP contribution in [0.4, 0.5) is 0 Å². The van der Waals surface area contributed by atoms with Crippen molar-refractivity contribution in [3.05, 3.63) is 35.9 Å². The van der Waals surface area contributed by atoms with E-state index in [-0.39, 0.29) is 11.9 Å². The molecule has 1 aliphatic heterocycles. The summed E-state index contributed by atoms with van der Waals surface area (Å²) in [6, 6.07) is 9.93. The Morgan fingerprint density at radius 2 is 1.95 bits per heavy atom. The van der Waals surface area contributed by atoms with E-state index >= 15 is 0 Å². The second kappa shape index (κ2) is 7.41. The number of nitrogens with zero attached hydrogens (tertiary/aromatic N) is 2. The van der Waals surface area contributed by atoms with Gasteiger partial charge < -0.3 is 14.5 Å². The topological polar surface area (TPSA) is 32.8 Å². The number of hydrogen-bond acceptors (Lipinski definition) is 4. The van der Waals surface area contributed by atoms with E-state index in [1.54, 1.807) is 0 Å². The number of carbonyl (C=O) groups is 1. The van der Waals surface area contributed by atoms with Crippen LogP contribution in [0.5, 0.6) is 0 Å². The van der Waals surface area contributed by atoms with Crippen LogP contribution in [0.25, 0.3) is 0 Å². The molecule has 1 aromatic carbocycles. The van der Waals surface area contributed by atoms with Gasteiger partial charge in [-0.05, 0) is 32.1 Å². The summed E-state index contributed by atoms with van der Waals surface area (Å²) in [6.45, 7) is 4.99. The minimum Gasteiger partial charge on any atom is -0.469 e. The molecule has 1 saturated heterocycles. The summed E-state index contributed by atoms with van der Waals surface area (Å²) < 4.78 is 4.98. The largest absolute Gasteiger partial charge is 0.469 e. The zero-order chi connectivity index (χ0) is 14.4. The van der Waals surface area contributed by atoms with Crippen molar-refractivity contribution in [2.75, 3.05) is 46.9 Å². The molecular formula is C16H24N2O2. The minimum absolute atomic E-state index is 0.145. The number of likely N-dealkylation sites (N-methyl/N-ethyl adjacent to an activating group) is 1. The lowest BCUT2D eigenvalue weighted by molar-refractivity contribution is -0.142. The Hall–Kier alpha value is -1.39. The number of carbonyl (C=O) groups excluding carboxylic acids is 1. The lowest BCUT2D eigenvalue weighted by Crippen LogP contribution is -2.35. The van der Waals surface area contributed by atoms with Crippen molar-refractivity contribution >= 4 is 5.97 Å². The number of hydrogen-bond donors (Lipinski definition) is 0. The molecule has 0 N–H and O–H groups in total. The van der Waals surface area contributed by atoms with Gasteiger partial charge in [0.2, 0.25) is 0 Å². The standard InChI is InChI=1S/C16H24N2O2/c1-17-9-6-10-18(12-11-17)13-15(16(19)20-2)14-7-4-3-5-8-14/h3-5,7-8,15H,6,9-13H2,1-2H3. The van der Waals surface area contributed by atoms with Crippen LogP contribution in [0, 0.1) is 0 Å². The number of esters is 1. The first-order valence-corrected chi connectivity index (χ1v) is 7.24. The van der Waals surface area contributed by atoms with Gasteiger partial charge in [-0.25, -0.2) is 0 Å². The number of ether oxygens (including phenoxy) is 1. The van der Waals surface area contributed by atoms with Crippen molar-refractivity contribution in [3.63, 3.8) is 0 Å². The lowest BCUT2D eigenvalue weighted by Gasteiger charge is -2.25. The molecule has 4 heteroatoms. The third-order valence-corrected chi connectivity index (χ3v) is 3.94. The number of rotatable bonds is 4. The average molecular weight is 276 g/mol. The molecule has 1 atom stereocenters. The molecule has 0 aromatic heterocycles. The summed E-state index contributed by atoms with van der Waals surface area (Å²) in [5, 5.41) is 0. The molecule has 0 aliphatic carbocycles. The number of benzene rings is 1. The number of methoxy groups -OCH3 is 1. The van der Waals surface area contributed by atoms with E-state index in [0.29, 0.717) is 0 Å². The van der Waals surface area contributed by atoms with Gasteiger partial charge in [0.05, 0.1) is 13.0 Å². The smallest absolute Gasteiger partial charge is 0.314 e. The van der Waals surface area contributed by atoms with Gasteiger partial charge in [-0.1, -0.05) is 30.3 Å². The Bertz CT molecular complexity index is 422. The SMILES string of the molecule is COC(=O)C(CN1CCCN(C)CC1)c1ccccc1. The van der Waals surface area contributed by atoms with Gasteiger partial charge in [0.1, 0.15) is 0 Å². The quantitative estimate of drug-likeness (QED) is 0.782. The molecule has 0 saturated carbocycles. The summed E-state index contributed by atoms with van der Waals surface area (Å²) in [6.07, 6.45) is 1.15. The highest BCUT2D eigenvalue weighted by molar-refractivity contribution is 5.78. The van der Waals surface area contributed by atoms with Crippen LogP contribution < -0.4 is 0 Å². The molecule has 2 rings (SSSR count). The molecule has 0 spiro atoms. The first-order chi connectivity index (χ1) is 9.70. The Kier molecular flexibility index (Phi) is 5.56. The molecule has 1 aromatic rings. The summed E-state index contributed by atoms with van der Waals surface area (Å²) in [4.78, 5) is 16.8. The van der Waals surface area contributed by atoms with Crippen LogP contribution in [0.15, 0.2) is 30.3 Å². The monoisotopic (exact) mass is 276 g/mol. The molecule has 1 aliphatic rings. The molecule has 1 heterocycles. The van der Waals surface area contributed by atoms with Crippen LogP contribution in [0.1, 0.15) is 17.9 Å². The fraction of sp³-hybridized carbons (Fsp3) is 0.562. The first-order valence-electron chi connectivity index (χ1n) is 7.24. The minimum atomic E-state index is -0.190. The fourth-order valence-electron chi connectivity index (χ4n) is 2.68. The maximum absolute atomic E-state index is 12.1. The van der Waals surface area contributed by atoms with Crippen LogP contribution in [0.3, 0.4) is 0 Å². The van der Waals surface area contributed by atoms with Gasteiger partial charge in [-0.2, -0.15) is 0 Å². The van der Waals surface area contributed by atoms with E-state index in [4.69, 9.17) is 4.74 Å². The van der Waals surface area contributed by atoms with E-state index in [1.165, 1.54) is 7.11 Å². The summed E-state index contributed by atoms with van der Waals surface area (Å²) in [7, 11) is 3.62. The first kappa shape index (κ1) is 15.0. The van der Waals surface area contributed by atoms with Crippen LogP contribution in [0.2, 0.25) is 0 Å². The Morgan fingerprint density at radius 1 is 1.20 bits per heavy atom. The predicted molar refractivity (Wildman–Crippen MR) is 79.8 cm³/mol. The summed E-state index contributed by atoms with van der Waals surface area (Å²) >= 11 is 0. The third kappa shape index (κ3) is 4.05. The van der Waals surface area contributed by atoms with E-state index in [0.717, 1.165) is 44.7 Å². The molecule has 20 heavy (non-hydrogen) atoms. The van der Waals surface area contributed by atoms with Crippen molar-refractivity contribution in [2.45, 2.75) is 12.3 Å². The van der Waals surface area contributed by atoms with Gasteiger partial charge >= 0.3 is 5.97 Å². The average Bonchev–Trinajstić information content (AvgIpc) is 2.69. The van der Waals surface area contributed by atoms with E-state index in [1.807, 2.05) is 30.3 Å². The van der Waals surface area contributed by atoms with Crippen molar-refractivity contribution in [1.29, 1.82) is 0 Å². The summed E-state index contributed by atoms with van der Waals surface area (Å²) in [5.41, 5.74) is 1.04. The van der Waals surface area contributed by atoms with Gasteiger partial charge in [0, 0.05) is 19.6 Å². The maximum atomic E-state index is 12.1. The molecule has 4 nitrogen and oxygen atoms in total. The zero-order valence-electron chi connectivity index (χ0n) is 12.4. The van der Waals surface area contributed by atoms with Gasteiger partial charge in [0.15, 0.2) is 0 Å². The van der Waals surface area contributed by atoms with Gasteiger partial charge in [-0.15, -0.1) is 0 Å². The highest BCUT2D eigenvalue weighted by atomic mass is 16.5. The molecule has 1 fully saturated rings. The second-order valence-electron chi connectivity index (χ2n) is 5.44. The fourth-order valence-corrected chi connectivity index (χ4v) is 2.68.